The van der Waals surface area contributed by atoms with Gasteiger partial charge in [-0.2, -0.15) is 0 Å². The summed E-state index contributed by atoms with van der Waals surface area (Å²) < 4.78 is 1.14. The second kappa shape index (κ2) is 10.1. The minimum absolute atomic E-state index is 0.0744. The zero-order chi connectivity index (χ0) is 20.8. The maximum absolute atomic E-state index is 12.4. The zero-order valence-corrected chi connectivity index (χ0v) is 17.2. The van der Waals surface area contributed by atoms with Crippen LogP contribution < -0.4 is 0 Å². The molecule has 156 valence electrons. The molecule has 29 heavy (non-hydrogen) atoms. The number of hydrogen-bond acceptors (Lipinski definition) is 5. The largest absolute Gasteiger partial charge is 0.481 e. The Morgan fingerprint density at radius 1 is 1.28 bits per heavy atom. The van der Waals surface area contributed by atoms with E-state index >= 15 is 0 Å². The molecule has 0 spiro atoms. The molecule has 3 N–H and O–H groups in total. The number of hydrogen-bond donors (Lipinski definition) is 3. The standard InChI is InChI=1S/C23H28O5S/c24-18(22-13-15-7-5-6-9-21(15)29-22)12-11-17-16(19(25)14-20(17)26)8-3-1-2-4-10-23(27)28/h1,3,5-7,9,13,16-19,24-25H,2,4,8,10-12,14H2,(H,27,28)/t16-,17-,18?,19+/m1/s1. The first-order valence-corrected chi connectivity index (χ1v) is 11.0. The maximum atomic E-state index is 12.4. The van der Waals surface area contributed by atoms with E-state index in [0.717, 1.165) is 15.0 Å². The normalized spacial score (nSPS) is 23.2. The van der Waals surface area contributed by atoms with Crippen molar-refractivity contribution in [1.82, 2.24) is 0 Å². The molecular formula is C23H28O5S. The first-order chi connectivity index (χ1) is 14.0. The van der Waals surface area contributed by atoms with Crippen molar-refractivity contribution in [2.24, 2.45) is 11.8 Å². The quantitative estimate of drug-likeness (QED) is 0.392. The van der Waals surface area contributed by atoms with Crippen LogP contribution in [-0.2, 0) is 9.59 Å². The van der Waals surface area contributed by atoms with Gasteiger partial charge in [0, 0.05) is 28.3 Å². The van der Waals surface area contributed by atoms with Crippen molar-refractivity contribution in [3.63, 3.8) is 0 Å². The molecule has 6 heteroatoms. The molecule has 0 saturated heterocycles. The number of aliphatic hydroxyl groups excluding tert-OH is 2. The fraction of sp³-hybridized carbons (Fsp3) is 0.478. The second-order valence-electron chi connectivity index (χ2n) is 7.78. The predicted octanol–water partition coefficient (Wildman–Crippen LogP) is 4.48. The Balaban J connectivity index is 1.53. The Morgan fingerprint density at radius 3 is 2.83 bits per heavy atom. The molecule has 5 nitrogen and oxygen atoms in total. The van der Waals surface area contributed by atoms with Gasteiger partial charge in [0.2, 0.25) is 0 Å². The van der Waals surface area contributed by atoms with Crippen molar-refractivity contribution in [3.8, 4) is 0 Å². The van der Waals surface area contributed by atoms with Crippen LogP contribution >= 0.6 is 11.3 Å². The summed E-state index contributed by atoms with van der Waals surface area (Å²) in [6.07, 6.45) is 5.88. The van der Waals surface area contributed by atoms with E-state index in [1.807, 2.05) is 42.5 Å². The number of aliphatic hydroxyl groups is 2. The summed E-state index contributed by atoms with van der Waals surface area (Å²) in [4.78, 5) is 23.8. The van der Waals surface area contributed by atoms with Crippen molar-refractivity contribution in [2.75, 3.05) is 0 Å². The Kier molecular flexibility index (Phi) is 7.58. The highest BCUT2D eigenvalue weighted by Crippen LogP contribution is 2.38. The number of Topliss-reactive ketones (excluding diaryl/α,β-unsaturated/α-hetero) is 1. The molecular weight excluding hydrogens is 388 g/mol. The molecule has 3 rings (SSSR count). The smallest absolute Gasteiger partial charge is 0.303 e. The molecule has 0 amide bonds. The van der Waals surface area contributed by atoms with Gasteiger partial charge in [-0.1, -0.05) is 30.4 Å². The second-order valence-corrected chi connectivity index (χ2v) is 8.90. The summed E-state index contributed by atoms with van der Waals surface area (Å²) in [6.45, 7) is 0. The van der Waals surface area contributed by atoms with Gasteiger partial charge in [0.15, 0.2) is 0 Å². The minimum atomic E-state index is -0.799. The zero-order valence-electron chi connectivity index (χ0n) is 16.4. The molecule has 2 aromatic rings. The number of thiophene rings is 1. The lowest BCUT2D eigenvalue weighted by molar-refractivity contribution is -0.137. The third kappa shape index (κ3) is 5.75. The number of benzene rings is 1. The number of aliphatic carboxylic acids is 1. The number of fused-ring (bicyclic) bond motifs is 1. The molecule has 0 bridgehead atoms. The van der Waals surface area contributed by atoms with E-state index in [1.54, 1.807) is 11.3 Å². The van der Waals surface area contributed by atoms with E-state index in [1.165, 1.54) is 0 Å². The molecule has 1 fully saturated rings. The molecule has 1 aromatic carbocycles. The molecule has 1 aromatic heterocycles. The van der Waals surface area contributed by atoms with Gasteiger partial charge in [-0.3, -0.25) is 9.59 Å². The summed E-state index contributed by atoms with van der Waals surface area (Å²) in [6, 6.07) is 10.0. The highest BCUT2D eigenvalue weighted by Gasteiger charge is 2.40. The van der Waals surface area contributed by atoms with Gasteiger partial charge in [0.1, 0.15) is 5.78 Å². The molecule has 1 unspecified atom stereocenters. The summed E-state index contributed by atoms with van der Waals surface area (Å²) in [5.41, 5.74) is 0. The van der Waals surface area contributed by atoms with Crippen LogP contribution in [0.25, 0.3) is 10.1 Å². The molecule has 4 atom stereocenters. The summed E-state index contributed by atoms with van der Waals surface area (Å²) >= 11 is 1.58. The third-order valence-corrected chi connectivity index (χ3v) is 6.91. The average molecular weight is 417 g/mol. The number of carbonyl (C=O) groups excluding carboxylic acids is 1. The summed E-state index contributed by atoms with van der Waals surface area (Å²) in [7, 11) is 0. The van der Waals surface area contributed by atoms with Crippen LogP contribution in [0.4, 0.5) is 0 Å². The van der Waals surface area contributed by atoms with Crippen LogP contribution in [0.15, 0.2) is 42.5 Å². The molecule has 1 aliphatic carbocycles. The lowest BCUT2D eigenvalue weighted by atomic mass is 9.86. The van der Waals surface area contributed by atoms with Crippen LogP contribution in [0.3, 0.4) is 0 Å². The lowest BCUT2D eigenvalue weighted by Gasteiger charge is -2.20. The van der Waals surface area contributed by atoms with Crippen molar-refractivity contribution in [1.29, 1.82) is 0 Å². The number of unbranched alkanes of at least 4 members (excludes halogenated alkanes) is 1. The van der Waals surface area contributed by atoms with Gasteiger partial charge in [-0.05, 0) is 55.5 Å². The highest BCUT2D eigenvalue weighted by molar-refractivity contribution is 7.19. The van der Waals surface area contributed by atoms with E-state index < -0.39 is 18.2 Å². The highest BCUT2D eigenvalue weighted by atomic mass is 32.1. The van der Waals surface area contributed by atoms with Gasteiger partial charge in [0.05, 0.1) is 12.2 Å². The maximum Gasteiger partial charge on any atom is 0.303 e. The van der Waals surface area contributed by atoms with Gasteiger partial charge in [-0.15, -0.1) is 11.3 Å². The Labute approximate surface area is 174 Å². The number of carboxylic acids is 1. The fourth-order valence-electron chi connectivity index (χ4n) is 4.10. The average Bonchev–Trinajstić information content (AvgIpc) is 3.23. The van der Waals surface area contributed by atoms with E-state index in [-0.39, 0.29) is 30.5 Å². The SMILES string of the molecule is O=C(O)CCCC=CC[C@H]1[C@@H](O)CC(=O)[C@@H]1CCC(O)c1cc2ccccc2s1. The van der Waals surface area contributed by atoms with E-state index in [9.17, 15) is 19.8 Å². The number of ketones is 1. The number of rotatable bonds is 10. The van der Waals surface area contributed by atoms with Crippen molar-refractivity contribution >= 4 is 33.2 Å². The predicted molar refractivity (Wildman–Crippen MR) is 114 cm³/mol. The van der Waals surface area contributed by atoms with Gasteiger partial charge in [0.25, 0.3) is 0 Å². The Bertz CT molecular complexity index is 838. The van der Waals surface area contributed by atoms with E-state index in [2.05, 4.69) is 0 Å². The Hall–Kier alpha value is -2.02. The van der Waals surface area contributed by atoms with Crippen molar-refractivity contribution < 1.29 is 24.9 Å². The van der Waals surface area contributed by atoms with Crippen LogP contribution in [0.5, 0.6) is 0 Å². The molecule has 1 aliphatic rings. The van der Waals surface area contributed by atoms with Crippen LogP contribution in [0.1, 0.15) is 55.9 Å². The van der Waals surface area contributed by atoms with Gasteiger partial charge in [-0.25, -0.2) is 0 Å². The molecule has 1 saturated carbocycles. The number of allylic oxidation sites excluding steroid dienone is 2. The third-order valence-electron chi connectivity index (χ3n) is 5.70. The fourth-order valence-corrected chi connectivity index (χ4v) is 5.19. The molecule has 1 heterocycles. The Morgan fingerprint density at radius 2 is 2.07 bits per heavy atom. The topological polar surface area (TPSA) is 94.8 Å². The van der Waals surface area contributed by atoms with Crippen molar-refractivity contribution in [2.45, 2.75) is 57.2 Å². The number of carboxylic acid groups (broad SMARTS) is 1. The molecule has 0 radical (unpaired) electrons. The molecule has 0 aliphatic heterocycles. The number of carbonyl (C=O) groups is 2. The monoisotopic (exact) mass is 416 g/mol. The van der Waals surface area contributed by atoms with Crippen molar-refractivity contribution in [3.05, 3.63) is 47.4 Å². The lowest BCUT2D eigenvalue weighted by Crippen LogP contribution is -2.20. The van der Waals surface area contributed by atoms with Crippen LogP contribution in [0, 0.1) is 11.8 Å². The first kappa shape index (κ1) is 21.7. The van der Waals surface area contributed by atoms with E-state index in [4.69, 9.17) is 5.11 Å². The summed E-state index contributed by atoms with van der Waals surface area (Å²) in [5, 5.41) is 30.7. The minimum Gasteiger partial charge on any atom is -0.481 e. The first-order valence-electron chi connectivity index (χ1n) is 10.2. The van der Waals surface area contributed by atoms with E-state index in [0.29, 0.717) is 32.1 Å². The van der Waals surface area contributed by atoms with Gasteiger partial charge >= 0.3 is 5.97 Å². The van der Waals surface area contributed by atoms with Crippen LogP contribution in [0.2, 0.25) is 0 Å². The van der Waals surface area contributed by atoms with Crippen LogP contribution in [-0.4, -0.2) is 33.2 Å². The summed E-state index contributed by atoms with van der Waals surface area (Å²) in [5.74, 6) is -1.09. The van der Waals surface area contributed by atoms with Gasteiger partial charge < -0.3 is 15.3 Å².